The fourth-order valence-electron chi connectivity index (χ4n) is 1.60. The van der Waals surface area contributed by atoms with E-state index >= 15 is 0 Å². The maximum atomic E-state index is 11.5. The molecule has 0 amide bonds. The summed E-state index contributed by atoms with van der Waals surface area (Å²) in [4.78, 5) is 9.65. The molecule has 2 aromatic rings. The van der Waals surface area contributed by atoms with Crippen molar-refractivity contribution < 1.29 is 17.8 Å². The summed E-state index contributed by atoms with van der Waals surface area (Å²) >= 11 is 0. The standard InChI is InChI=1S/C11H11N3O5S/c12-20(17,18)11-6-8(14(15)16)3-4-10(11)13-7-9-2-1-5-19-9/h1-6,13H,7H2,(H2,12,17,18). The molecule has 0 aliphatic carbocycles. The molecule has 0 fully saturated rings. The van der Waals surface area contributed by atoms with Crippen molar-refractivity contribution in [1.29, 1.82) is 0 Å². The molecule has 2 rings (SSSR count). The summed E-state index contributed by atoms with van der Waals surface area (Å²) in [5, 5.41) is 18.5. The third kappa shape index (κ3) is 3.13. The average Bonchev–Trinajstić information content (AvgIpc) is 2.88. The third-order valence-electron chi connectivity index (χ3n) is 2.52. The van der Waals surface area contributed by atoms with Crippen molar-refractivity contribution in [2.75, 3.05) is 5.32 Å². The van der Waals surface area contributed by atoms with E-state index in [0.29, 0.717) is 5.76 Å². The van der Waals surface area contributed by atoms with Crippen LogP contribution in [-0.2, 0) is 16.6 Å². The molecule has 9 heteroatoms. The van der Waals surface area contributed by atoms with Crippen LogP contribution >= 0.6 is 0 Å². The molecule has 0 radical (unpaired) electrons. The Morgan fingerprint density at radius 1 is 1.35 bits per heavy atom. The number of nitro groups is 1. The molecule has 1 aromatic carbocycles. The van der Waals surface area contributed by atoms with Gasteiger partial charge in [0.05, 0.1) is 23.4 Å². The SMILES string of the molecule is NS(=O)(=O)c1cc([N+](=O)[O-])ccc1NCc1ccco1. The molecule has 3 N–H and O–H groups in total. The van der Waals surface area contributed by atoms with Gasteiger partial charge in [0.1, 0.15) is 10.7 Å². The van der Waals surface area contributed by atoms with Crippen LogP contribution in [0.1, 0.15) is 5.76 Å². The summed E-state index contributed by atoms with van der Waals surface area (Å²) < 4.78 is 28.1. The zero-order valence-corrected chi connectivity index (χ0v) is 11.0. The molecule has 0 spiro atoms. The topological polar surface area (TPSA) is 128 Å². The highest BCUT2D eigenvalue weighted by Crippen LogP contribution is 2.25. The highest BCUT2D eigenvalue weighted by molar-refractivity contribution is 7.89. The van der Waals surface area contributed by atoms with E-state index in [1.807, 2.05) is 0 Å². The summed E-state index contributed by atoms with van der Waals surface area (Å²) in [6.45, 7) is 0.229. The number of sulfonamides is 1. The molecule has 0 aliphatic heterocycles. The summed E-state index contributed by atoms with van der Waals surface area (Å²) in [6, 6.07) is 6.79. The molecule has 1 heterocycles. The summed E-state index contributed by atoms with van der Waals surface area (Å²) in [5.41, 5.74) is -0.174. The molecule has 0 saturated heterocycles. The van der Waals surface area contributed by atoms with Crippen molar-refractivity contribution in [3.63, 3.8) is 0 Å². The van der Waals surface area contributed by atoms with Gasteiger partial charge in [-0.2, -0.15) is 0 Å². The van der Waals surface area contributed by atoms with E-state index in [1.54, 1.807) is 12.1 Å². The fraction of sp³-hybridized carbons (Fsp3) is 0.0909. The van der Waals surface area contributed by atoms with Crippen molar-refractivity contribution >= 4 is 21.4 Å². The van der Waals surface area contributed by atoms with E-state index in [-0.39, 0.29) is 22.8 Å². The van der Waals surface area contributed by atoms with Crippen LogP contribution in [0.15, 0.2) is 45.9 Å². The van der Waals surface area contributed by atoms with Gasteiger partial charge in [-0.05, 0) is 18.2 Å². The van der Waals surface area contributed by atoms with Crippen molar-refractivity contribution in [1.82, 2.24) is 0 Å². The van der Waals surface area contributed by atoms with Gasteiger partial charge in [-0.25, -0.2) is 13.6 Å². The number of hydrogen-bond donors (Lipinski definition) is 2. The summed E-state index contributed by atoms with van der Waals surface area (Å²) in [7, 11) is -4.08. The minimum atomic E-state index is -4.08. The van der Waals surface area contributed by atoms with Gasteiger partial charge in [-0.15, -0.1) is 0 Å². The van der Waals surface area contributed by atoms with Crippen molar-refractivity contribution in [2.45, 2.75) is 11.4 Å². The second-order valence-corrected chi connectivity index (χ2v) is 5.45. The molecule has 1 aromatic heterocycles. The number of non-ortho nitro benzene ring substituents is 1. The van der Waals surface area contributed by atoms with Crippen LogP contribution in [0.3, 0.4) is 0 Å². The Kier molecular flexibility index (Phi) is 3.72. The van der Waals surface area contributed by atoms with Gasteiger partial charge in [0, 0.05) is 12.1 Å². The number of furan rings is 1. The summed E-state index contributed by atoms with van der Waals surface area (Å²) in [5.74, 6) is 0.587. The Bertz CT molecular complexity index is 725. The molecule has 8 nitrogen and oxygen atoms in total. The van der Waals surface area contributed by atoms with Gasteiger partial charge < -0.3 is 9.73 Å². The highest BCUT2D eigenvalue weighted by Gasteiger charge is 2.18. The first-order valence-corrected chi connectivity index (χ1v) is 7.00. The van der Waals surface area contributed by atoms with E-state index < -0.39 is 14.9 Å². The quantitative estimate of drug-likeness (QED) is 0.634. The van der Waals surface area contributed by atoms with E-state index in [4.69, 9.17) is 9.56 Å². The number of benzene rings is 1. The first-order valence-electron chi connectivity index (χ1n) is 5.45. The van der Waals surface area contributed by atoms with Crippen molar-refractivity contribution in [3.8, 4) is 0 Å². The van der Waals surface area contributed by atoms with Crippen LogP contribution in [0, 0.1) is 10.1 Å². The molecule has 20 heavy (non-hydrogen) atoms. The normalized spacial score (nSPS) is 11.2. The first kappa shape index (κ1) is 14.0. The predicted octanol–water partition coefficient (Wildman–Crippen LogP) is 1.45. The maximum absolute atomic E-state index is 11.5. The van der Waals surface area contributed by atoms with Crippen LogP contribution in [0.4, 0.5) is 11.4 Å². The van der Waals surface area contributed by atoms with E-state index in [1.165, 1.54) is 18.4 Å². The van der Waals surface area contributed by atoms with Gasteiger partial charge >= 0.3 is 0 Å². The molecule has 106 valence electrons. The highest BCUT2D eigenvalue weighted by atomic mass is 32.2. The van der Waals surface area contributed by atoms with Gasteiger partial charge in [0.2, 0.25) is 10.0 Å². The Labute approximate surface area is 114 Å². The number of nitro benzene ring substituents is 1. The zero-order valence-electron chi connectivity index (χ0n) is 10.1. The molecule has 0 unspecified atom stereocenters. The lowest BCUT2D eigenvalue weighted by atomic mass is 10.2. The minimum absolute atomic E-state index is 0.175. The second-order valence-electron chi connectivity index (χ2n) is 3.92. The third-order valence-corrected chi connectivity index (χ3v) is 3.47. The number of nitrogens with one attached hydrogen (secondary N) is 1. The Morgan fingerprint density at radius 2 is 2.10 bits per heavy atom. The van der Waals surface area contributed by atoms with Crippen LogP contribution in [0.25, 0.3) is 0 Å². The van der Waals surface area contributed by atoms with Gasteiger partial charge in [-0.1, -0.05) is 0 Å². The minimum Gasteiger partial charge on any atom is -0.467 e. The molecular weight excluding hydrogens is 286 g/mol. The number of primary sulfonamides is 1. The second kappa shape index (κ2) is 5.31. The predicted molar refractivity (Wildman–Crippen MR) is 70.5 cm³/mol. The Morgan fingerprint density at radius 3 is 2.65 bits per heavy atom. The van der Waals surface area contributed by atoms with Crippen LogP contribution < -0.4 is 10.5 Å². The number of nitrogens with two attached hydrogens (primary N) is 1. The molecule has 0 bridgehead atoms. The van der Waals surface area contributed by atoms with Gasteiger partial charge in [0.25, 0.3) is 5.69 Å². The van der Waals surface area contributed by atoms with Crippen LogP contribution in [0.2, 0.25) is 0 Å². The lowest BCUT2D eigenvalue weighted by Gasteiger charge is -2.09. The monoisotopic (exact) mass is 297 g/mol. The van der Waals surface area contributed by atoms with Crippen LogP contribution in [-0.4, -0.2) is 13.3 Å². The van der Waals surface area contributed by atoms with Crippen molar-refractivity contribution in [3.05, 3.63) is 52.5 Å². The Balaban J connectivity index is 2.34. The zero-order chi connectivity index (χ0) is 14.8. The number of nitrogens with zero attached hydrogens (tertiary/aromatic N) is 1. The smallest absolute Gasteiger partial charge is 0.270 e. The van der Waals surface area contributed by atoms with E-state index in [0.717, 1.165) is 6.07 Å². The average molecular weight is 297 g/mol. The molecule has 0 saturated carbocycles. The van der Waals surface area contributed by atoms with Crippen molar-refractivity contribution in [2.24, 2.45) is 5.14 Å². The number of rotatable bonds is 5. The molecule has 0 aliphatic rings. The van der Waals surface area contributed by atoms with Gasteiger partial charge in [0.15, 0.2) is 0 Å². The van der Waals surface area contributed by atoms with E-state index in [9.17, 15) is 18.5 Å². The lowest BCUT2D eigenvalue weighted by Crippen LogP contribution is -2.15. The summed E-state index contributed by atoms with van der Waals surface area (Å²) in [6.07, 6.45) is 1.48. The number of anilines is 1. The van der Waals surface area contributed by atoms with E-state index in [2.05, 4.69) is 5.32 Å². The van der Waals surface area contributed by atoms with Crippen LogP contribution in [0.5, 0.6) is 0 Å². The molecule has 0 atom stereocenters. The fourth-order valence-corrected chi connectivity index (χ4v) is 2.33. The maximum Gasteiger partial charge on any atom is 0.270 e. The first-order chi connectivity index (χ1) is 9.38. The molecular formula is C11H11N3O5S. The number of hydrogen-bond acceptors (Lipinski definition) is 6. The Hall–Kier alpha value is -2.39. The largest absolute Gasteiger partial charge is 0.467 e. The van der Waals surface area contributed by atoms with Gasteiger partial charge in [-0.3, -0.25) is 10.1 Å². The lowest BCUT2D eigenvalue weighted by molar-refractivity contribution is -0.385.